The minimum atomic E-state index is -1.10. The van der Waals surface area contributed by atoms with Crippen LogP contribution in [0.15, 0.2) is 16.6 Å². The maximum atomic E-state index is 13.0. The number of carboxylic acids is 1. The van der Waals surface area contributed by atoms with Crippen LogP contribution >= 0.6 is 15.9 Å². The third-order valence-electron chi connectivity index (χ3n) is 1.64. The molecule has 1 aromatic rings. The second-order valence-corrected chi connectivity index (χ2v) is 3.42. The molecule has 0 aromatic heterocycles. The van der Waals surface area contributed by atoms with Crippen molar-refractivity contribution < 1.29 is 14.3 Å². The molecule has 0 heterocycles. The number of nitrogens with zero attached hydrogens (tertiary/aromatic N) is 1. The van der Waals surface area contributed by atoms with Gasteiger partial charge in [-0.25, -0.2) is 4.39 Å². The molecule has 5 heteroatoms. The van der Waals surface area contributed by atoms with E-state index < -0.39 is 11.8 Å². The number of hydrogen-bond acceptors (Lipinski definition) is 2. The molecule has 0 radical (unpaired) electrons. The predicted octanol–water partition coefficient (Wildman–Crippen LogP) is 2.09. The molecule has 0 aliphatic rings. The maximum absolute atomic E-state index is 13.0. The van der Waals surface area contributed by atoms with Crippen molar-refractivity contribution in [3.63, 3.8) is 0 Å². The standard InChI is InChI=1S/C9H5BrFNO2/c10-7-1-2-8(11)6(4-12)5(7)3-9(13)14/h1-2H,3H2,(H,13,14). The second kappa shape index (κ2) is 4.20. The Kier molecular flexibility index (Phi) is 3.20. The van der Waals surface area contributed by atoms with Crippen LogP contribution in [-0.2, 0) is 11.2 Å². The van der Waals surface area contributed by atoms with Crippen LogP contribution in [0.25, 0.3) is 0 Å². The van der Waals surface area contributed by atoms with Crippen LogP contribution in [-0.4, -0.2) is 11.1 Å². The van der Waals surface area contributed by atoms with E-state index in [1.165, 1.54) is 6.07 Å². The number of aliphatic carboxylic acids is 1. The molecule has 0 aliphatic carbocycles. The van der Waals surface area contributed by atoms with E-state index in [-0.39, 0.29) is 17.5 Å². The molecule has 0 bridgehead atoms. The lowest BCUT2D eigenvalue weighted by Crippen LogP contribution is -2.04. The number of hydrogen-bond donors (Lipinski definition) is 1. The summed E-state index contributed by atoms with van der Waals surface area (Å²) in [5.41, 5.74) is -0.0539. The van der Waals surface area contributed by atoms with Gasteiger partial charge in [-0.05, 0) is 17.7 Å². The van der Waals surface area contributed by atoms with E-state index in [0.717, 1.165) is 6.07 Å². The lowest BCUT2D eigenvalue weighted by atomic mass is 10.1. The van der Waals surface area contributed by atoms with E-state index >= 15 is 0 Å². The van der Waals surface area contributed by atoms with Crippen molar-refractivity contribution in [2.45, 2.75) is 6.42 Å². The van der Waals surface area contributed by atoms with Crippen molar-refractivity contribution in [3.8, 4) is 6.07 Å². The third-order valence-corrected chi connectivity index (χ3v) is 2.39. The summed E-state index contributed by atoms with van der Waals surface area (Å²) in [6.45, 7) is 0. The molecule has 0 saturated carbocycles. The normalized spacial score (nSPS) is 9.50. The molecule has 0 amide bonds. The first-order valence-corrected chi connectivity index (χ1v) is 4.44. The Morgan fingerprint density at radius 3 is 2.79 bits per heavy atom. The van der Waals surface area contributed by atoms with E-state index in [2.05, 4.69) is 15.9 Å². The third kappa shape index (κ3) is 2.09. The van der Waals surface area contributed by atoms with Gasteiger partial charge in [-0.3, -0.25) is 4.79 Å². The Morgan fingerprint density at radius 2 is 2.29 bits per heavy atom. The van der Waals surface area contributed by atoms with Gasteiger partial charge in [-0.15, -0.1) is 0 Å². The van der Waals surface area contributed by atoms with Crippen molar-refractivity contribution in [1.29, 1.82) is 5.26 Å². The van der Waals surface area contributed by atoms with Crippen molar-refractivity contribution >= 4 is 21.9 Å². The molecule has 0 atom stereocenters. The van der Waals surface area contributed by atoms with Crippen LogP contribution in [0.5, 0.6) is 0 Å². The average Bonchev–Trinajstić information content (AvgIpc) is 2.11. The molecule has 0 unspecified atom stereocenters. The van der Waals surface area contributed by atoms with Gasteiger partial charge >= 0.3 is 5.97 Å². The minimum absolute atomic E-state index is 0.167. The smallest absolute Gasteiger partial charge is 0.307 e. The Labute approximate surface area is 87.9 Å². The van der Waals surface area contributed by atoms with Gasteiger partial charge in [0.05, 0.1) is 12.0 Å². The molecule has 0 spiro atoms. The number of carbonyl (C=O) groups is 1. The molecular formula is C9H5BrFNO2. The van der Waals surface area contributed by atoms with Crippen molar-refractivity contribution in [2.75, 3.05) is 0 Å². The van der Waals surface area contributed by atoms with E-state index in [1.807, 2.05) is 0 Å². The predicted molar refractivity (Wildman–Crippen MR) is 50.2 cm³/mol. The number of benzene rings is 1. The quantitative estimate of drug-likeness (QED) is 0.883. The largest absolute Gasteiger partial charge is 0.481 e. The summed E-state index contributed by atoms with van der Waals surface area (Å²) in [4.78, 5) is 10.4. The summed E-state index contributed by atoms with van der Waals surface area (Å²) >= 11 is 3.07. The van der Waals surface area contributed by atoms with Gasteiger partial charge in [0.2, 0.25) is 0 Å². The first-order valence-electron chi connectivity index (χ1n) is 3.65. The highest BCUT2D eigenvalue weighted by molar-refractivity contribution is 9.10. The van der Waals surface area contributed by atoms with E-state index in [1.54, 1.807) is 6.07 Å². The lowest BCUT2D eigenvalue weighted by Gasteiger charge is -2.04. The number of halogens is 2. The first kappa shape index (κ1) is 10.7. The molecule has 14 heavy (non-hydrogen) atoms. The highest BCUT2D eigenvalue weighted by Crippen LogP contribution is 2.23. The zero-order valence-corrected chi connectivity index (χ0v) is 8.51. The fourth-order valence-electron chi connectivity index (χ4n) is 1.04. The SMILES string of the molecule is N#Cc1c(F)ccc(Br)c1CC(=O)O. The van der Waals surface area contributed by atoms with Crippen LogP contribution in [0.3, 0.4) is 0 Å². The van der Waals surface area contributed by atoms with Gasteiger partial charge in [0.25, 0.3) is 0 Å². The van der Waals surface area contributed by atoms with Crippen LogP contribution in [0, 0.1) is 17.1 Å². The summed E-state index contributed by atoms with van der Waals surface area (Å²) in [5, 5.41) is 17.2. The molecule has 0 saturated heterocycles. The fourth-order valence-corrected chi connectivity index (χ4v) is 1.51. The Bertz CT molecular complexity index is 426. The van der Waals surface area contributed by atoms with Crippen LogP contribution in [0.1, 0.15) is 11.1 Å². The maximum Gasteiger partial charge on any atom is 0.307 e. The van der Waals surface area contributed by atoms with E-state index in [4.69, 9.17) is 10.4 Å². The molecule has 1 aromatic carbocycles. The average molecular weight is 258 g/mol. The molecule has 1 N–H and O–H groups in total. The van der Waals surface area contributed by atoms with Crippen LogP contribution in [0.4, 0.5) is 4.39 Å². The molecular weight excluding hydrogens is 253 g/mol. The topological polar surface area (TPSA) is 61.1 Å². The summed E-state index contributed by atoms with van der Waals surface area (Å²) in [6, 6.07) is 4.14. The van der Waals surface area contributed by atoms with Crippen molar-refractivity contribution in [3.05, 3.63) is 33.5 Å². The van der Waals surface area contributed by atoms with E-state index in [9.17, 15) is 9.18 Å². The Hall–Kier alpha value is -1.41. The van der Waals surface area contributed by atoms with E-state index in [0.29, 0.717) is 4.47 Å². The summed E-state index contributed by atoms with van der Waals surface area (Å²) in [5.74, 6) is -1.81. The monoisotopic (exact) mass is 257 g/mol. The summed E-state index contributed by atoms with van der Waals surface area (Å²) in [7, 11) is 0. The van der Waals surface area contributed by atoms with Gasteiger partial charge in [-0.2, -0.15) is 5.26 Å². The highest BCUT2D eigenvalue weighted by atomic mass is 79.9. The number of carboxylic acid groups (broad SMARTS) is 1. The fraction of sp³-hybridized carbons (Fsp3) is 0.111. The first-order chi connectivity index (χ1) is 6.56. The van der Waals surface area contributed by atoms with Gasteiger partial charge in [0.1, 0.15) is 11.9 Å². The van der Waals surface area contributed by atoms with Crippen LogP contribution in [0.2, 0.25) is 0 Å². The molecule has 0 fully saturated rings. The van der Waals surface area contributed by atoms with Gasteiger partial charge < -0.3 is 5.11 Å². The summed E-state index contributed by atoms with van der Waals surface area (Å²) in [6.07, 6.45) is -0.374. The zero-order valence-electron chi connectivity index (χ0n) is 6.92. The number of rotatable bonds is 2. The molecule has 3 nitrogen and oxygen atoms in total. The molecule has 0 aliphatic heterocycles. The Morgan fingerprint density at radius 1 is 1.64 bits per heavy atom. The highest BCUT2D eigenvalue weighted by Gasteiger charge is 2.14. The van der Waals surface area contributed by atoms with Crippen LogP contribution < -0.4 is 0 Å². The van der Waals surface area contributed by atoms with Crippen molar-refractivity contribution in [1.82, 2.24) is 0 Å². The molecule has 72 valence electrons. The number of nitriles is 1. The van der Waals surface area contributed by atoms with Gasteiger partial charge in [0.15, 0.2) is 0 Å². The minimum Gasteiger partial charge on any atom is -0.481 e. The zero-order chi connectivity index (χ0) is 10.7. The van der Waals surface area contributed by atoms with Crippen molar-refractivity contribution in [2.24, 2.45) is 0 Å². The lowest BCUT2D eigenvalue weighted by molar-refractivity contribution is -0.136. The molecule has 1 rings (SSSR count). The summed E-state index contributed by atoms with van der Waals surface area (Å²) < 4.78 is 13.5. The van der Waals surface area contributed by atoms with Gasteiger partial charge in [0, 0.05) is 4.47 Å². The second-order valence-electron chi connectivity index (χ2n) is 2.57. The van der Waals surface area contributed by atoms with Gasteiger partial charge in [-0.1, -0.05) is 15.9 Å². The Balaban J connectivity index is 3.31.